The lowest BCUT2D eigenvalue weighted by Crippen LogP contribution is -2.14. The van der Waals surface area contributed by atoms with E-state index in [0.717, 1.165) is 0 Å². The molecule has 0 N–H and O–H groups in total. The fourth-order valence-corrected chi connectivity index (χ4v) is 1.19. The zero-order valence-electron chi connectivity index (χ0n) is 5.71. The zero-order chi connectivity index (χ0) is 9.14. The Kier molecular flexibility index (Phi) is 2.92. The van der Waals surface area contributed by atoms with Gasteiger partial charge in [-0.25, -0.2) is 4.79 Å². The molecule has 0 aromatic heterocycles. The van der Waals surface area contributed by atoms with Crippen LogP contribution in [0.3, 0.4) is 0 Å². The molecule has 0 aliphatic carbocycles. The quantitative estimate of drug-likeness (QED) is 0.515. The standard InChI is InChI=1S/C7H4Cl2O3/c8-4-1-2-5(6(9)3-4)7(10)12-11/h1-3,11H/p-1. The van der Waals surface area contributed by atoms with Gasteiger partial charge in [0, 0.05) is 5.02 Å². The summed E-state index contributed by atoms with van der Waals surface area (Å²) in [6.45, 7) is 0. The third-order valence-corrected chi connectivity index (χ3v) is 1.77. The van der Waals surface area contributed by atoms with Crippen LogP contribution in [0.1, 0.15) is 10.4 Å². The van der Waals surface area contributed by atoms with Crippen molar-refractivity contribution in [1.29, 1.82) is 0 Å². The van der Waals surface area contributed by atoms with Gasteiger partial charge in [-0.05, 0) is 18.2 Å². The Labute approximate surface area is 78.4 Å². The first kappa shape index (κ1) is 9.32. The van der Waals surface area contributed by atoms with E-state index in [1.165, 1.54) is 18.2 Å². The Morgan fingerprint density at radius 3 is 2.58 bits per heavy atom. The van der Waals surface area contributed by atoms with Crippen LogP contribution in [0.25, 0.3) is 0 Å². The molecule has 1 aromatic rings. The van der Waals surface area contributed by atoms with Crippen molar-refractivity contribution in [2.24, 2.45) is 0 Å². The highest BCUT2D eigenvalue weighted by Gasteiger charge is 2.08. The predicted octanol–water partition coefficient (Wildman–Crippen LogP) is 1.43. The second-order valence-corrected chi connectivity index (χ2v) is 2.84. The highest BCUT2D eigenvalue weighted by molar-refractivity contribution is 6.36. The summed E-state index contributed by atoms with van der Waals surface area (Å²) in [4.78, 5) is 13.9. The van der Waals surface area contributed by atoms with E-state index in [0.29, 0.717) is 5.02 Å². The SMILES string of the molecule is O=C(O[O-])c1ccc(Cl)cc1Cl. The summed E-state index contributed by atoms with van der Waals surface area (Å²) in [5.74, 6) is -1.02. The maximum absolute atomic E-state index is 10.7. The number of carbonyl (C=O) groups excluding carboxylic acids is 1. The van der Waals surface area contributed by atoms with Crippen LogP contribution in [-0.2, 0) is 4.89 Å². The highest BCUT2D eigenvalue weighted by atomic mass is 35.5. The molecule has 0 saturated heterocycles. The smallest absolute Gasteiger partial charge is 0.333 e. The molecule has 0 atom stereocenters. The van der Waals surface area contributed by atoms with Gasteiger partial charge in [-0.1, -0.05) is 23.2 Å². The van der Waals surface area contributed by atoms with Crippen LogP contribution in [-0.4, -0.2) is 5.97 Å². The van der Waals surface area contributed by atoms with E-state index >= 15 is 0 Å². The van der Waals surface area contributed by atoms with Crippen LogP contribution in [0.2, 0.25) is 10.0 Å². The van der Waals surface area contributed by atoms with Crippen LogP contribution in [0.4, 0.5) is 0 Å². The minimum absolute atomic E-state index is 0.0102. The molecule has 0 amide bonds. The van der Waals surface area contributed by atoms with Crippen LogP contribution in [0.5, 0.6) is 0 Å². The molecule has 1 aromatic carbocycles. The van der Waals surface area contributed by atoms with Crippen molar-refractivity contribution in [3.05, 3.63) is 33.8 Å². The summed E-state index contributed by atoms with van der Waals surface area (Å²) < 4.78 is 0. The van der Waals surface area contributed by atoms with Gasteiger partial charge < -0.3 is 10.1 Å². The first-order valence-corrected chi connectivity index (χ1v) is 3.70. The average molecular weight is 206 g/mol. The normalized spacial score (nSPS) is 9.58. The monoisotopic (exact) mass is 205 g/mol. The fraction of sp³-hybridized carbons (Fsp3) is 0. The van der Waals surface area contributed by atoms with E-state index in [1.807, 2.05) is 0 Å². The van der Waals surface area contributed by atoms with Crippen LogP contribution in [0, 0.1) is 0 Å². The summed E-state index contributed by atoms with van der Waals surface area (Å²) in [5.41, 5.74) is 0.0102. The van der Waals surface area contributed by atoms with Gasteiger partial charge in [-0.3, -0.25) is 0 Å². The molecule has 3 nitrogen and oxygen atoms in total. The molecule has 1 rings (SSSR count). The van der Waals surface area contributed by atoms with Crippen molar-refractivity contribution in [3.8, 4) is 0 Å². The van der Waals surface area contributed by atoms with Gasteiger partial charge in [-0.2, -0.15) is 0 Å². The van der Waals surface area contributed by atoms with Crippen molar-refractivity contribution in [2.75, 3.05) is 0 Å². The van der Waals surface area contributed by atoms with Gasteiger partial charge >= 0.3 is 5.97 Å². The molecule has 0 unspecified atom stereocenters. The van der Waals surface area contributed by atoms with Crippen LogP contribution < -0.4 is 5.26 Å². The zero-order valence-corrected chi connectivity index (χ0v) is 7.22. The molecule has 12 heavy (non-hydrogen) atoms. The first-order chi connectivity index (χ1) is 5.65. The lowest BCUT2D eigenvalue weighted by atomic mass is 10.2. The van der Waals surface area contributed by atoms with E-state index in [9.17, 15) is 10.1 Å². The van der Waals surface area contributed by atoms with Gasteiger partial charge in [0.25, 0.3) is 0 Å². The Hall–Kier alpha value is -0.770. The third-order valence-electron chi connectivity index (χ3n) is 1.23. The Morgan fingerprint density at radius 1 is 1.42 bits per heavy atom. The largest absolute Gasteiger partial charge is 0.661 e. The van der Waals surface area contributed by atoms with Crippen LogP contribution >= 0.6 is 23.2 Å². The number of rotatable bonds is 1. The third kappa shape index (κ3) is 1.88. The molecule has 64 valence electrons. The number of benzene rings is 1. The Balaban J connectivity index is 3.09. The van der Waals surface area contributed by atoms with Crippen molar-refractivity contribution >= 4 is 29.2 Å². The lowest BCUT2D eigenvalue weighted by molar-refractivity contribution is -0.653. The number of hydrogen-bond acceptors (Lipinski definition) is 3. The lowest BCUT2D eigenvalue weighted by Gasteiger charge is -2.07. The molecular weight excluding hydrogens is 203 g/mol. The summed E-state index contributed by atoms with van der Waals surface area (Å²) in [5, 5.41) is 10.2. The molecule has 0 heterocycles. The molecule has 5 heteroatoms. The van der Waals surface area contributed by atoms with E-state index in [-0.39, 0.29) is 10.6 Å². The molecule has 0 radical (unpaired) electrons. The van der Waals surface area contributed by atoms with Gasteiger partial charge in [0.15, 0.2) is 0 Å². The highest BCUT2D eigenvalue weighted by Crippen LogP contribution is 2.20. The number of halogens is 2. The maximum atomic E-state index is 10.7. The van der Waals surface area contributed by atoms with Crippen molar-refractivity contribution < 1.29 is 14.9 Å². The molecule has 0 fully saturated rings. The number of carbonyl (C=O) groups is 1. The van der Waals surface area contributed by atoms with Gasteiger partial charge in [-0.15, -0.1) is 0 Å². The van der Waals surface area contributed by atoms with Crippen molar-refractivity contribution in [3.63, 3.8) is 0 Å². The molecule has 0 aliphatic rings. The molecule has 0 bridgehead atoms. The second-order valence-electron chi connectivity index (χ2n) is 1.99. The minimum atomic E-state index is -1.02. The van der Waals surface area contributed by atoms with E-state index < -0.39 is 5.97 Å². The fourth-order valence-electron chi connectivity index (χ4n) is 0.700. The first-order valence-electron chi connectivity index (χ1n) is 2.94. The van der Waals surface area contributed by atoms with E-state index in [1.54, 1.807) is 0 Å². The topological polar surface area (TPSA) is 49.4 Å². The second kappa shape index (κ2) is 3.76. The summed E-state index contributed by atoms with van der Waals surface area (Å²) in [6, 6.07) is 4.12. The van der Waals surface area contributed by atoms with E-state index in [2.05, 4.69) is 4.89 Å². The maximum Gasteiger partial charge on any atom is 0.333 e. The summed E-state index contributed by atoms with van der Waals surface area (Å²) in [7, 11) is 0. The molecule has 0 aliphatic heterocycles. The summed E-state index contributed by atoms with van der Waals surface area (Å²) in [6.07, 6.45) is 0. The minimum Gasteiger partial charge on any atom is -0.661 e. The van der Waals surface area contributed by atoms with Gasteiger partial charge in [0.1, 0.15) is 0 Å². The van der Waals surface area contributed by atoms with Gasteiger partial charge in [0.2, 0.25) is 0 Å². The molecule has 0 saturated carbocycles. The van der Waals surface area contributed by atoms with Crippen molar-refractivity contribution in [1.82, 2.24) is 0 Å². The molecular formula is C7H3Cl2O3-. The van der Waals surface area contributed by atoms with Crippen LogP contribution in [0.15, 0.2) is 18.2 Å². The van der Waals surface area contributed by atoms with E-state index in [4.69, 9.17) is 23.2 Å². The van der Waals surface area contributed by atoms with Crippen molar-refractivity contribution in [2.45, 2.75) is 0 Å². The summed E-state index contributed by atoms with van der Waals surface area (Å²) >= 11 is 11.1. The predicted molar refractivity (Wildman–Crippen MR) is 41.9 cm³/mol. The average Bonchev–Trinajstić information content (AvgIpc) is 2.03. The number of hydrogen-bond donors (Lipinski definition) is 0. The van der Waals surface area contributed by atoms with Gasteiger partial charge in [0.05, 0.1) is 10.6 Å². The molecule has 0 spiro atoms. The Morgan fingerprint density at radius 2 is 2.08 bits per heavy atom. The Bertz CT molecular complexity index is 312.